The van der Waals surface area contributed by atoms with Gasteiger partial charge in [-0.2, -0.15) is 0 Å². The molecule has 1 heteroatoms. The first-order chi connectivity index (χ1) is 5.48. The van der Waals surface area contributed by atoms with Gasteiger partial charge in [0.15, 0.2) is 0 Å². The van der Waals surface area contributed by atoms with Gasteiger partial charge in [-0.05, 0) is 25.9 Å². The van der Waals surface area contributed by atoms with Crippen LogP contribution >= 0.6 is 0 Å². The van der Waals surface area contributed by atoms with Gasteiger partial charge in [-0.15, -0.1) is 0 Å². The van der Waals surface area contributed by atoms with Gasteiger partial charge in [0, 0.05) is 6.54 Å². The molecule has 0 fully saturated rings. The molecule has 0 aromatic rings. The van der Waals surface area contributed by atoms with Crippen molar-refractivity contribution in [1.82, 2.24) is 4.90 Å². The van der Waals surface area contributed by atoms with Crippen LogP contribution < -0.4 is 0 Å². The summed E-state index contributed by atoms with van der Waals surface area (Å²) in [5, 5.41) is 0. The fraction of sp³-hybridized carbons (Fsp3) is 1.00. The number of hydrogen-bond acceptors (Lipinski definition) is 1. The van der Waals surface area contributed by atoms with Crippen LogP contribution in [0.5, 0.6) is 0 Å². The first-order valence-corrected chi connectivity index (χ1v) is 5.12. The molecule has 0 heterocycles. The Bertz CT molecular complexity index is 106. The maximum atomic E-state index is 2.36. The zero-order valence-electron chi connectivity index (χ0n) is 9.48. The van der Waals surface area contributed by atoms with Crippen LogP contribution in [0.3, 0.4) is 0 Å². The summed E-state index contributed by atoms with van der Waals surface area (Å²) in [6.07, 6.45) is 5.46. The van der Waals surface area contributed by atoms with Crippen LogP contribution in [0.25, 0.3) is 0 Å². The Morgan fingerprint density at radius 3 is 2.08 bits per heavy atom. The number of hydrogen-bond donors (Lipinski definition) is 0. The van der Waals surface area contributed by atoms with Crippen LogP contribution in [0.15, 0.2) is 0 Å². The fourth-order valence-corrected chi connectivity index (χ4v) is 1.79. The molecule has 0 unspecified atom stereocenters. The maximum absolute atomic E-state index is 2.36. The Kier molecular flexibility index (Phi) is 5.56. The lowest BCUT2D eigenvalue weighted by molar-refractivity contribution is 0.220. The average Bonchev–Trinajstić information content (AvgIpc) is 1.84. The van der Waals surface area contributed by atoms with Gasteiger partial charge in [-0.25, -0.2) is 0 Å². The smallest absolute Gasteiger partial charge is 0.00266 e. The summed E-state index contributed by atoms with van der Waals surface area (Å²) < 4.78 is 0. The molecular formula is C11H25N. The number of rotatable bonds is 6. The molecule has 0 aliphatic heterocycles. The number of nitrogens with zero attached hydrogens (tertiary/aromatic N) is 1. The van der Waals surface area contributed by atoms with E-state index in [2.05, 4.69) is 39.8 Å². The minimum Gasteiger partial charge on any atom is -0.309 e. The van der Waals surface area contributed by atoms with Crippen molar-refractivity contribution in [2.75, 3.05) is 20.6 Å². The second-order valence-electron chi connectivity index (χ2n) is 4.86. The summed E-state index contributed by atoms with van der Waals surface area (Å²) in [4.78, 5) is 2.28. The molecule has 0 rings (SSSR count). The van der Waals surface area contributed by atoms with Gasteiger partial charge in [-0.3, -0.25) is 0 Å². The van der Waals surface area contributed by atoms with Crippen molar-refractivity contribution in [3.05, 3.63) is 0 Å². The lowest BCUT2D eigenvalue weighted by Crippen LogP contribution is -2.28. The van der Waals surface area contributed by atoms with E-state index in [9.17, 15) is 0 Å². The second kappa shape index (κ2) is 5.58. The largest absolute Gasteiger partial charge is 0.309 e. The van der Waals surface area contributed by atoms with Crippen molar-refractivity contribution < 1.29 is 0 Å². The van der Waals surface area contributed by atoms with Crippen molar-refractivity contribution in [2.45, 2.75) is 46.5 Å². The molecule has 0 radical (unpaired) electrons. The van der Waals surface area contributed by atoms with Gasteiger partial charge in [0.25, 0.3) is 0 Å². The monoisotopic (exact) mass is 171 g/mol. The van der Waals surface area contributed by atoms with E-state index in [0.717, 1.165) is 0 Å². The normalized spacial score (nSPS) is 12.5. The molecular weight excluding hydrogens is 146 g/mol. The van der Waals surface area contributed by atoms with E-state index in [1.54, 1.807) is 0 Å². The molecule has 0 aromatic heterocycles. The van der Waals surface area contributed by atoms with Crippen molar-refractivity contribution >= 4 is 0 Å². The molecule has 0 bridgehead atoms. The van der Waals surface area contributed by atoms with Gasteiger partial charge in [0.2, 0.25) is 0 Å². The van der Waals surface area contributed by atoms with Gasteiger partial charge < -0.3 is 4.90 Å². The summed E-state index contributed by atoms with van der Waals surface area (Å²) in [6.45, 7) is 8.20. The van der Waals surface area contributed by atoms with E-state index in [-0.39, 0.29) is 0 Å². The molecule has 0 N–H and O–H groups in total. The van der Waals surface area contributed by atoms with Crippen molar-refractivity contribution in [2.24, 2.45) is 5.41 Å². The topological polar surface area (TPSA) is 3.24 Å². The second-order valence-corrected chi connectivity index (χ2v) is 4.86. The van der Waals surface area contributed by atoms with Crippen LogP contribution in [-0.4, -0.2) is 25.5 Å². The highest BCUT2D eigenvalue weighted by Gasteiger charge is 2.17. The quantitative estimate of drug-likeness (QED) is 0.555. The van der Waals surface area contributed by atoms with Crippen molar-refractivity contribution in [1.29, 1.82) is 0 Å². The first kappa shape index (κ1) is 12.0. The predicted molar refractivity (Wildman–Crippen MR) is 56.5 cm³/mol. The molecule has 74 valence electrons. The molecule has 0 saturated heterocycles. The molecule has 12 heavy (non-hydrogen) atoms. The summed E-state index contributed by atoms with van der Waals surface area (Å²) in [5.41, 5.74) is 0.499. The number of unbranched alkanes of at least 4 members (excludes halogenated alkanes) is 2. The Morgan fingerprint density at radius 2 is 1.67 bits per heavy atom. The molecule has 0 aromatic carbocycles. The predicted octanol–water partition coefficient (Wildman–Crippen LogP) is 3.15. The van der Waals surface area contributed by atoms with E-state index in [1.807, 2.05) is 0 Å². The third kappa shape index (κ3) is 6.66. The highest BCUT2D eigenvalue weighted by Crippen LogP contribution is 2.23. The molecule has 1 nitrogen and oxygen atoms in total. The lowest BCUT2D eigenvalue weighted by atomic mass is 9.86. The molecule has 0 atom stereocenters. The third-order valence-electron chi connectivity index (χ3n) is 2.20. The van der Waals surface area contributed by atoms with Crippen LogP contribution in [-0.2, 0) is 0 Å². The van der Waals surface area contributed by atoms with Crippen molar-refractivity contribution in [3.63, 3.8) is 0 Å². The van der Waals surface area contributed by atoms with Crippen LogP contribution in [0, 0.1) is 5.41 Å². The zero-order valence-corrected chi connectivity index (χ0v) is 9.48. The SMILES string of the molecule is CCCCCC(C)(C)CN(C)C. The molecule has 0 saturated carbocycles. The lowest BCUT2D eigenvalue weighted by Gasteiger charge is -2.28. The van der Waals surface area contributed by atoms with Crippen molar-refractivity contribution in [3.8, 4) is 0 Å². The average molecular weight is 171 g/mol. The third-order valence-corrected chi connectivity index (χ3v) is 2.20. The van der Waals surface area contributed by atoms with Gasteiger partial charge >= 0.3 is 0 Å². The fourth-order valence-electron chi connectivity index (χ4n) is 1.79. The minimum absolute atomic E-state index is 0.499. The summed E-state index contributed by atoms with van der Waals surface area (Å²) >= 11 is 0. The maximum Gasteiger partial charge on any atom is 0.00266 e. The summed E-state index contributed by atoms with van der Waals surface area (Å²) in [5.74, 6) is 0. The Hall–Kier alpha value is -0.0400. The highest BCUT2D eigenvalue weighted by atomic mass is 15.1. The first-order valence-electron chi connectivity index (χ1n) is 5.12. The minimum atomic E-state index is 0.499. The Labute approximate surface area is 78.1 Å². The Morgan fingerprint density at radius 1 is 1.08 bits per heavy atom. The van der Waals surface area contributed by atoms with Gasteiger partial charge in [0.1, 0.15) is 0 Å². The summed E-state index contributed by atoms with van der Waals surface area (Å²) in [7, 11) is 4.31. The molecule has 0 aliphatic rings. The Balaban J connectivity index is 3.56. The standard InChI is InChI=1S/C11H25N/c1-6-7-8-9-11(2,3)10-12(4)5/h6-10H2,1-5H3. The van der Waals surface area contributed by atoms with E-state index in [4.69, 9.17) is 0 Å². The van der Waals surface area contributed by atoms with Gasteiger partial charge in [0.05, 0.1) is 0 Å². The van der Waals surface area contributed by atoms with E-state index >= 15 is 0 Å². The van der Waals surface area contributed by atoms with Crippen LogP contribution in [0.2, 0.25) is 0 Å². The van der Waals surface area contributed by atoms with Crippen LogP contribution in [0.4, 0.5) is 0 Å². The zero-order chi connectivity index (χ0) is 9.61. The van der Waals surface area contributed by atoms with Gasteiger partial charge in [-0.1, -0.05) is 40.0 Å². The summed E-state index contributed by atoms with van der Waals surface area (Å²) in [6, 6.07) is 0. The van der Waals surface area contributed by atoms with E-state index in [0.29, 0.717) is 5.41 Å². The van der Waals surface area contributed by atoms with Crippen LogP contribution in [0.1, 0.15) is 46.5 Å². The van der Waals surface area contributed by atoms with E-state index < -0.39 is 0 Å². The molecule has 0 spiro atoms. The van der Waals surface area contributed by atoms with E-state index in [1.165, 1.54) is 32.2 Å². The highest BCUT2D eigenvalue weighted by molar-refractivity contribution is 4.70. The molecule has 0 aliphatic carbocycles. The molecule has 0 amide bonds.